The lowest BCUT2D eigenvalue weighted by Gasteiger charge is -2.14. The van der Waals surface area contributed by atoms with E-state index < -0.39 is 16.1 Å². The lowest BCUT2D eigenvalue weighted by molar-refractivity contribution is 0.566. The molecule has 6 nitrogen and oxygen atoms in total. The van der Waals surface area contributed by atoms with E-state index in [4.69, 9.17) is 11.0 Å². The van der Waals surface area contributed by atoms with Gasteiger partial charge in [0.05, 0.1) is 11.6 Å². The Morgan fingerprint density at radius 1 is 1.24 bits per heavy atom. The quantitative estimate of drug-likeness (QED) is 0.891. The average Bonchev–Trinajstić information content (AvgIpc) is 2.47. The van der Waals surface area contributed by atoms with Crippen LogP contribution >= 0.6 is 0 Å². The van der Waals surface area contributed by atoms with E-state index in [9.17, 15) is 8.42 Å². The molecule has 1 atom stereocenters. The molecule has 2 rings (SSSR count). The summed E-state index contributed by atoms with van der Waals surface area (Å²) in [6.45, 7) is 1.73. The summed E-state index contributed by atoms with van der Waals surface area (Å²) in [5.74, 6) is 0.258. The van der Waals surface area contributed by atoms with Gasteiger partial charge in [-0.05, 0) is 36.8 Å². The highest BCUT2D eigenvalue weighted by atomic mass is 32.2. The van der Waals surface area contributed by atoms with Gasteiger partial charge in [-0.3, -0.25) is 0 Å². The third kappa shape index (κ3) is 3.56. The maximum atomic E-state index is 12.2. The number of nitrogens with one attached hydrogen (secondary N) is 1. The van der Waals surface area contributed by atoms with E-state index >= 15 is 0 Å². The molecule has 1 unspecified atom stereocenters. The molecular formula is C14H14N4O2S. The maximum absolute atomic E-state index is 12.2. The number of anilines is 1. The molecule has 0 bridgehead atoms. The smallest absolute Gasteiger partial charge is 0.242 e. The SMILES string of the molecule is CC(NS(=O)(=O)c1ccc(N)nc1)c1ccc(C#N)cc1. The minimum atomic E-state index is -3.67. The normalized spacial score (nSPS) is 12.6. The predicted molar refractivity (Wildman–Crippen MR) is 78.5 cm³/mol. The summed E-state index contributed by atoms with van der Waals surface area (Å²) in [5.41, 5.74) is 6.73. The number of nitrogens with zero attached hydrogens (tertiary/aromatic N) is 2. The van der Waals surface area contributed by atoms with Gasteiger partial charge in [0.25, 0.3) is 0 Å². The Hall–Kier alpha value is -2.43. The van der Waals surface area contributed by atoms with E-state index in [0.717, 1.165) is 5.56 Å². The molecule has 0 radical (unpaired) electrons. The molecule has 0 fully saturated rings. The van der Waals surface area contributed by atoms with Gasteiger partial charge in [-0.25, -0.2) is 18.1 Å². The van der Waals surface area contributed by atoms with E-state index in [0.29, 0.717) is 5.56 Å². The number of nitriles is 1. The van der Waals surface area contributed by atoms with Gasteiger partial charge in [0.15, 0.2) is 0 Å². The van der Waals surface area contributed by atoms with Crippen molar-refractivity contribution in [3.05, 3.63) is 53.7 Å². The third-order valence-corrected chi connectivity index (χ3v) is 4.47. The molecule has 0 aliphatic carbocycles. The molecule has 1 heterocycles. The van der Waals surface area contributed by atoms with Crippen molar-refractivity contribution < 1.29 is 8.42 Å². The Morgan fingerprint density at radius 3 is 2.43 bits per heavy atom. The summed E-state index contributed by atoms with van der Waals surface area (Å²) in [7, 11) is -3.67. The van der Waals surface area contributed by atoms with Crippen LogP contribution in [-0.4, -0.2) is 13.4 Å². The summed E-state index contributed by atoms with van der Waals surface area (Å²) in [6.07, 6.45) is 1.21. The van der Waals surface area contributed by atoms with Gasteiger partial charge in [0, 0.05) is 12.2 Å². The summed E-state index contributed by atoms with van der Waals surface area (Å²) in [4.78, 5) is 3.82. The van der Waals surface area contributed by atoms with Gasteiger partial charge < -0.3 is 5.73 Å². The van der Waals surface area contributed by atoms with Crippen molar-refractivity contribution in [2.75, 3.05) is 5.73 Å². The van der Waals surface area contributed by atoms with Gasteiger partial charge in [-0.2, -0.15) is 5.26 Å². The predicted octanol–water partition coefficient (Wildman–Crippen LogP) is 1.57. The second kappa shape index (κ2) is 5.91. The zero-order chi connectivity index (χ0) is 15.5. The molecule has 7 heteroatoms. The van der Waals surface area contributed by atoms with Crippen molar-refractivity contribution in [3.8, 4) is 6.07 Å². The van der Waals surface area contributed by atoms with Crippen molar-refractivity contribution in [1.82, 2.24) is 9.71 Å². The fourth-order valence-corrected chi connectivity index (χ4v) is 2.94. The Morgan fingerprint density at radius 2 is 1.90 bits per heavy atom. The van der Waals surface area contributed by atoms with Crippen LogP contribution in [0.3, 0.4) is 0 Å². The summed E-state index contributed by atoms with van der Waals surface area (Å²) in [6, 6.07) is 11.1. The molecule has 21 heavy (non-hydrogen) atoms. The zero-order valence-corrected chi connectivity index (χ0v) is 12.1. The van der Waals surface area contributed by atoms with Crippen LogP contribution in [0.5, 0.6) is 0 Å². The minimum Gasteiger partial charge on any atom is -0.384 e. The van der Waals surface area contributed by atoms with E-state index in [1.165, 1.54) is 18.3 Å². The number of benzene rings is 1. The topological polar surface area (TPSA) is 109 Å². The molecule has 0 saturated heterocycles. The van der Waals surface area contributed by atoms with E-state index in [1.807, 2.05) is 6.07 Å². The zero-order valence-electron chi connectivity index (χ0n) is 11.3. The molecule has 108 valence electrons. The standard InChI is InChI=1S/C14H14N4O2S/c1-10(12-4-2-11(8-15)3-5-12)18-21(19,20)13-6-7-14(16)17-9-13/h2-7,9-10,18H,1H3,(H2,16,17). The lowest BCUT2D eigenvalue weighted by atomic mass is 10.1. The largest absolute Gasteiger partial charge is 0.384 e. The first-order valence-corrected chi connectivity index (χ1v) is 7.64. The number of hydrogen-bond donors (Lipinski definition) is 2. The fourth-order valence-electron chi connectivity index (χ4n) is 1.77. The first-order chi connectivity index (χ1) is 9.92. The number of hydrogen-bond acceptors (Lipinski definition) is 5. The molecule has 0 saturated carbocycles. The van der Waals surface area contributed by atoms with Gasteiger partial charge in [-0.1, -0.05) is 12.1 Å². The summed E-state index contributed by atoms with van der Waals surface area (Å²) < 4.78 is 27.0. The molecule has 1 aromatic carbocycles. The molecule has 0 aliphatic rings. The van der Waals surface area contributed by atoms with Gasteiger partial charge >= 0.3 is 0 Å². The lowest BCUT2D eigenvalue weighted by Crippen LogP contribution is -2.27. The number of aromatic nitrogens is 1. The third-order valence-electron chi connectivity index (χ3n) is 2.94. The number of pyridine rings is 1. The monoisotopic (exact) mass is 302 g/mol. The number of rotatable bonds is 4. The van der Waals surface area contributed by atoms with Crippen molar-refractivity contribution in [2.45, 2.75) is 17.9 Å². The van der Waals surface area contributed by atoms with Crippen molar-refractivity contribution in [2.24, 2.45) is 0 Å². The Kier molecular flexibility index (Phi) is 4.21. The van der Waals surface area contributed by atoms with Crippen LogP contribution in [0.2, 0.25) is 0 Å². The van der Waals surface area contributed by atoms with E-state index in [1.54, 1.807) is 31.2 Å². The second-order valence-corrected chi connectivity index (χ2v) is 6.21. The van der Waals surface area contributed by atoms with Crippen molar-refractivity contribution in [1.29, 1.82) is 5.26 Å². The van der Waals surface area contributed by atoms with E-state index in [-0.39, 0.29) is 10.7 Å². The molecule has 2 aromatic rings. The van der Waals surface area contributed by atoms with Crippen LogP contribution in [0, 0.1) is 11.3 Å². The number of nitrogens with two attached hydrogens (primary N) is 1. The highest BCUT2D eigenvalue weighted by Gasteiger charge is 2.18. The van der Waals surface area contributed by atoms with Gasteiger partial charge in [0.2, 0.25) is 10.0 Å². The average molecular weight is 302 g/mol. The minimum absolute atomic E-state index is 0.0530. The second-order valence-electron chi connectivity index (χ2n) is 4.50. The number of sulfonamides is 1. The highest BCUT2D eigenvalue weighted by molar-refractivity contribution is 7.89. The van der Waals surface area contributed by atoms with Gasteiger partial charge in [-0.15, -0.1) is 0 Å². The molecule has 1 aromatic heterocycles. The summed E-state index contributed by atoms with van der Waals surface area (Å²) in [5, 5.41) is 8.75. The highest BCUT2D eigenvalue weighted by Crippen LogP contribution is 2.17. The molecular weight excluding hydrogens is 288 g/mol. The molecule has 0 amide bonds. The molecule has 0 spiro atoms. The Labute approximate surface area is 123 Å². The van der Waals surface area contributed by atoms with Crippen LogP contribution in [-0.2, 0) is 10.0 Å². The molecule has 3 N–H and O–H groups in total. The van der Waals surface area contributed by atoms with Crippen LogP contribution in [0.1, 0.15) is 24.1 Å². The van der Waals surface area contributed by atoms with Crippen LogP contribution in [0.4, 0.5) is 5.82 Å². The fraction of sp³-hybridized carbons (Fsp3) is 0.143. The maximum Gasteiger partial charge on any atom is 0.242 e. The van der Waals surface area contributed by atoms with Gasteiger partial charge in [0.1, 0.15) is 10.7 Å². The van der Waals surface area contributed by atoms with Crippen LogP contribution < -0.4 is 10.5 Å². The number of nitrogen functional groups attached to an aromatic ring is 1. The first kappa shape index (κ1) is 15.0. The van der Waals surface area contributed by atoms with Crippen molar-refractivity contribution >= 4 is 15.8 Å². The molecule has 0 aliphatic heterocycles. The Bertz CT molecular complexity index is 762. The summed E-state index contributed by atoms with van der Waals surface area (Å²) >= 11 is 0. The van der Waals surface area contributed by atoms with E-state index in [2.05, 4.69) is 9.71 Å². The van der Waals surface area contributed by atoms with Crippen LogP contribution in [0.25, 0.3) is 0 Å². The van der Waals surface area contributed by atoms with Crippen LogP contribution in [0.15, 0.2) is 47.5 Å². The Balaban J connectivity index is 2.19. The first-order valence-electron chi connectivity index (χ1n) is 6.16. The van der Waals surface area contributed by atoms with Crippen molar-refractivity contribution in [3.63, 3.8) is 0 Å².